The molecule has 0 saturated heterocycles. The lowest BCUT2D eigenvalue weighted by Gasteiger charge is -2.29. The van der Waals surface area contributed by atoms with Gasteiger partial charge in [0.15, 0.2) is 0 Å². The van der Waals surface area contributed by atoms with Crippen LogP contribution in [0.2, 0.25) is 0 Å². The molecule has 1 atom stereocenters. The monoisotopic (exact) mass is 464 g/mol. The molecule has 0 heterocycles. The zero-order valence-corrected chi connectivity index (χ0v) is 18.3. The van der Waals surface area contributed by atoms with Crippen molar-refractivity contribution in [1.29, 1.82) is 0 Å². The molecule has 1 aromatic rings. The summed E-state index contributed by atoms with van der Waals surface area (Å²) in [6, 6.07) is 4.91. The Balaban J connectivity index is 3.36. The zero-order chi connectivity index (χ0) is 20.5. The first-order chi connectivity index (χ1) is 12.7. The van der Waals surface area contributed by atoms with Gasteiger partial charge in [-0.2, -0.15) is 17.4 Å². The maximum absolute atomic E-state index is 13.3. The molecule has 0 aliphatic carbocycles. The van der Waals surface area contributed by atoms with E-state index >= 15 is 0 Å². The number of benzene rings is 1. The molecule has 1 unspecified atom stereocenters. The highest BCUT2D eigenvalue weighted by Crippen LogP contribution is 2.59. The van der Waals surface area contributed by atoms with Crippen LogP contribution in [0.3, 0.4) is 0 Å². The summed E-state index contributed by atoms with van der Waals surface area (Å²) in [5, 5.41) is 0. The zero-order valence-electron chi connectivity index (χ0n) is 15.1. The molecule has 0 aliphatic heterocycles. The van der Waals surface area contributed by atoms with Crippen LogP contribution in [0.5, 0.6) is 0 Å². The van der Waals surface area contributed by atoms with E-state index in [9.17, 15) is 17.4 Å². The third kappa shape index (κ3) is 7.25. The molecule has 27 heavy (non-hydrogen) atoms. The summed E-state index contributed by atoms with van der Waals surface area (Å²) in [7, 11) is -8.08. The predicted molar refractivity (Wildman–Crippen MR) is 105 cm³/mol. The van der Waals surface area contributed by atoms with Crippen LogP contribution in [-0.2, 0) is 23.8 Å². The minimum Gasteiger partial charge on any atom is -0.308 e. The first-order valence-corrected chi connectivity index (χ1v) is 12.4. The van der Waals surface area contributed by atoms with Crippen LogP contribution in [0.1, 0.15) is 25.2 Å². The van der Waals surface area contributed by atoms with Gasteiger partial charge in [-0.05, 0) is 31.5 Å². The summed E-state index contributed by atoms with van der Waals surface area (Å²) >= 11 is 11.4. The molecule has 0 spiro atoms. The van der Waals surface area contributed by atoms with Gasteiger partial charge >= 0.3 is 7.60 Å². The van der Waals surface area contributed by atoms with E-state index in [1.807, 2.05) is 0 Å². The molecule has 1 rings (SSSR count). The van der Waals surface area contributed by atoms with Gasteiger partial charge in [-0.15, -0.1) is 23.2 Å². The number of hydrogen-bond acceptors (Lipinski definition) is 5. The molecule has 156 valence electrons. The van der Waals surface area contributed by atoms with E-state index in [1.165, 1.54) is 12.1 Å². The van der Waals surface area contributed by atoms with E-state index < -0.39 is 29.4 Å². The summed E-state index contributed by atoms with van der Waals surface area (Å²) in [6.07, 6.45) is 0. The van der Waals surface area contributed by atoms with E-state index in [1.54, 1.807) is 13.8 Å². The molecule has 0 fully saturated rings. The van der Waals surface area contributed by atoms with Crippen molar-refractivity contribution < 1.29 is 26.4 Å². The van der Waals surface area contributed by atoms with Gasteiger partial charge < -0.3 is 9.05 Å². The molecule has 0 saturated carbocycles. The highest BCUT2D eigenvalue weighted by Gasteiger charge is 2.41. The first kappa shape index (κ1) is 24.8. The minimum atomic E-state index is -4.14. The third-order valence-corrected chi connectivity index (χ3v) is 7.78. The average molecular weight is 465 g/mol. The minimum absolute atomic E-state index is 0.00726. The molecule has 1 aromatic carbocycles. The number of rotatable bonds is 13. The highest BCUT2D eigenvalue weighted by molar-refractivity contribution is 7.87. The maximum atomic E-state index is 13.3. The fraction of sp³-hybridized carbons (Fsp3) is 0.600. The van der Waals surface area contributed by atoms with Crippen molar-refractivity contribution in [2.45, 2.75) is 19.6 Å². The second-order valence-electron chi connectivity index (χ2n) is 5.23. The van der Waals surface area contributed by atoms with Crippen molar-refractivity contribution >= 4 is 41.0 Å². The molecule has 0 radical (unpaired) electrons. The third-order valence-electron chi connectivity index (χ3n) is 3.39. The Morgan fingerprint density at radius 1 is 1.11 bits per heavy atom. The molecule has 0 aliphatic rings. The van der Waals surface area contributed by atoms with Gasteiger partial charge in [0.1, 0.15) is 11.6 Å². The fourth-order valence-electron chi connectivity index (χ4n) is 2.26. The van der Waals surface area contributed by atoms with Crippen LogP contribution in [0.15, 0.2) is 24.3 Å². The molecule has 0 aromatic heterocycles. The van der Waals surface area contributed by atoms with Gasteiger partial charge in [0, 0.05) is 24.8 Å². The quantitative estimate of drug-likeness (QED) is 0.355. The van der Waals surface area contributed by atoms with E-state index in [0.29, 0.717) is 0 Å². The second-order valence-corrected chi connectivity index (χ2v) is 9.80. The normalized spacial score (nSPS) is 13.9. The topological polar surface area (TPSA) is 84.9 Å². The van der Waals surface area contributed by atoms with Crippen LogP contribution in [-0.4, -0.2) is 50.8 Å². The summed E-state index contributed by atoms with van der Waals surface area (Å²) in [4.78, 5) is 0. The van der Waals surface area contributed by atoms with Crippen molar-refractivity contribution in [3.8, 4) is 0 Å². The van der Waals surface area contributed by atoms with Crippen molar-refractivity contribution in [3.63, 3.8) is 0 Å². The first-order valence-electron chi connectivity index (χ1n) is 8.27. The van der Waals surface area contributed by atoms with Gasteiger partial charge in [0.25, 0.3) is 10.2 Å². The van der Waals surface area contributed by atoms with Gasteiger partial charge in [-0.3, -0.25) is 4.57 Å². The molecule has 7 nitrogen and oxygen atoms in total. The Kier molecular flexibility index (Phi) is 10.7. The smallest absolute Gasteiger partial charge is 0.308 e. The highest BCUT2D eigenvalue weighted by atomic mass is 35.5. The average Bonchev–Trinajstić information content (AvgIpc) is 2.61. The van der Waals surface area contributed by atoms with Crippen LogP contribution in [0, 0.1) is 5.82 Å². The second kappa shape index (κ2) is 11.7. The molecule has 0 amide bonds. The fourth-order valence-corrected chi connectivity index (χ4v) is 6.65. The van der Waals surface area contributed by atoms with Gasteiger partial charge in [0.05, 0.1) is 13.2 Å². The molecular formula is C15H24Cl2FN2O5PS. The molecular weight excluding hydrogens is 441 g/mol. The maximum Gasteiger partial charge on any atom is 0.352 e. The SMILES string of the molecule is CCOP(=O)(OCC)C(NS(=O)(=O)N(CCCl)CCCl)c1ccc(F)cc1. The van der Waals surface area contributed by atoms with Crippen LogP contribution >= 0.6 is 30.8 Å². The number of hydrogen-bond donors (Lipinski definition) is 1. The summed E-state index contributed by atoms with van der Waals surface area (Å²) < 4.78 is 66.2. The van der Waals surface area contributed by atoms with Gasteiger partial charge in [-0.1, -0.05) is 12.1 Å². The summed E-state index contributed by atoms with van der Waals surface area (Å²) in [5.41, 5.74) is 0.238. The van der Waals surface area contributed by atoms with Crippen molar-refractivity contribution in [2.75, 3.05) is 38.1 Å². The molecule has 1 N–H and O–H groups in total. The van der Waals surface area contributed by atoms with Gasteiger partial charge in [-0.25, -0.2) is 4.39 Å². The Hall–Kier alpha value is -0.250. The molecule has 0 bridgehead atoms. The Labute approximate surface area is 169 Å². The van der Waals surface area contributed by atoms with Crippen molar-refractivity contribution in [1.82, 2.24) is 9.03 Å². The standard InChI is InChI=1S/C15H24Cl2FN2O5PS/c1-3-24-26(21,25-4-2)15(13-5-7-14(18)8-6-13)19-27(22,23)20(11-9-16)12-10-17/h5-8,15,19H,3-4,9-12H2,1-2H3. The predicted octanol–water partition coefficient (Wildman–Crippen LogP) is 3.70. The lowest BCUT2D eigenvalue weighted by atomic mass is 10.2. The van der Waals surface area contributed by atoms with E-state index in [-0.39, 0.29) is 43.6 Å². The lowest BCUT2D eigenvalue weighted by molar-refractivity contribution is 0.210. The Morgan fingerprint density at radius 3 is 2.00 bits per heavy atom. The molecule has 12 heteroatoms. The number of nitrogens with zero attached hydrogens (tertiary/aromatic N) is 1. The van der Waals surface area contributed by atoms with E-state index in [4.69, 9.17) is 32.2 Å². The summed E-state index contributed by atoms with van der Waals surface area (Å²) in [6.45, 7) is 3.29. The van der Waals surface area contributed by atoms with Crippen LogP contribution in [0.25, 0.3) is 0 Å². The largest absolute Gasteiger partial charge is 0.352 e. The summed E-state index contributed by atoms with van der Waals surface area (Å²) in [5.74, 6) is -1.79. The number of halogens is 3. The van der Waals surface area contributed by atoms with E-state index in [0.717, 1.165) is 16.4 Å². The van der Waals surface area contributed by atoms with Crippen molar-refractivity contribution in [2.24, 2.45) is 0 Å². The number of nitrogens with one attached hydrogen (secondary N) is 1. The van der Waals surface area contributed by atoms with E-state index in [2.05, 4.69) is 4.72 Å². The Bertz CT molecular complexity index is 707. The van der Waals surface area contributed by atoms with Crippen LogP contribution < -0.4 is 4.72 Å². The Morgan fingerprint density at radius 2 is 1.59 bits per heavy atom. The lowest BCUT2D eigenvalue weighted by Crippen LogP contribution is -2.44. The van der Waals surface area contributed by atoms with Crippen LogP contribution in [0.4, 0.5) is 4.39 Å². The van der Waals surface area contributed by atoms with Gasteiger partial charge in [0.2, 0.25) is 0 Å². The van der Waals surface area contributed by atoms with Crippen molar-refractivity contribution in [3.05, 3.63) is 35.6 Å². The number of alkyl halides is 2.